The van der Waals surface area contributed by atoms with Gasteiger partial charge in [0.05, 0.1) is 17.7 Å². The van der Waals surface area contributed by atoms with Gasteiger partial charge in [-0.1, -0.05) is 55.6 Å². The number of benzene rings is 2. The fourth-order valence-corrected chi connectivity index (χ4v) is 2.50. The van der Waals surface area contributed by atoms with Crippen LogP contribution in [-0.2, 0) is 16.1 Å². The Morgan fingerprint density at radius 3 is 2.24 bits per heavy atom. The summed E-state index contributed by atoms with van der Waals surface area (Å²) in [6.45, 7) is 2.50. The Morgan fingerprint density at radius 1 is 0.920 bits per heavy atom. The van der Waals surface area contributed by atoms with E-state index in [-0.39, 0.29) is 17.7 Å². The molecule has 2 aromatic rings. The van der Waals surface area contributed by atoms with Gasteiger partial charge in [0.1, 0.15) is 6.61 Å². The SMILES string of the molecule is CCCCCOC(=O)c1ccccc1C(=O)OCc1cccc(Cl)c1. The summed E-state index contributed by atoms with van der Waals surface area (Å²) in [5.74, 6) is -1.08. The maximum atomic E-state index is 12.3. The Hall–Kier alpha value is -2.33. The number of rotatable bonds is 8. The van der Waals surface area contributed by atoms with Crippen molar-refractivity contribution in [1.82, 2.24) is 0 Å². The Balaban J connectivity index is 2.00. The number of carbonyl (C=O) groups is 2. The molecule has 132 valence electrons. The molecule has 0 fully saturated rings. The van der Waals surface area contributed by atoms with Gasteiger partial charge in [-0.15, -0.1) is 0 Å². The van der Waals surface area contributed by atoms with Crippen molar-refractivity contribution in [3.63, 3.8) is 0 Å². The van der Waals surface area contributed by atoms with Crippen molar-refractivity contribution in [2.75, 3.05) is 6.61 Å². The summed E-state index contributed by atoms with van der Waals surface area (Å²) in [4.78, 5) is 24.5. The summed E-state index contributed by atoms with van der Waals surface area (Å²) in [6, 6.07) is 13.6. The summed E-state index contributed by atoms with van der Waals surface area (Å²) in [5.41, 5.74) is 1.19. The maximum Gasteiger partial charge on any atom is 0.339 e. The van der Waals surface area contributed by atoms with Gasteiger partial charge in [0.15, 0.2) is 0 Å². The molecule has 0 N–H and O–H groups in total. The van der Waals surface area contributed by atoms with Crippen LogP contribution in [0.5, 0.6) is 0 Å². The molecule has 4 nitrogen and oxygen atoms in total. The standard InChI is InChI=1S/C20H21ClO4/c1-2-3-6-12-24-19(22)17-10-4-5-11-18(17)20(23)25-14-15-8-7-9-16(21)13-15/h4-5,7-11,13H,2-3,6,12,14H2,1H3. The van der Waals surface area contributed by atoms with Crippen molar-refractivity contribution in [3.05, 3.63) is 70.2 Å². The van der Waals surface area contributed by atoms with E-state index in [9.17, 15) is 9.59 Å². The second-order valence-electron chi connectivity index (χ2n) is 5.59. The van der Waals surface area contributed by atoms with Gasteiger partial charge >= 0.3 is 11.9 Å². The van der Waals surface area contributed by atoms with Gasteiger partial charge in [-0.25, -0.2) is 9.59 Å². The highest BCUT2D eigenvalue weighted by molar-refractivity contribution is 6.30. The lowest BCUT2D eigenvalue weighted by Crippen LogP contribution is -2.14. The predicted molar refractivity (Wildman–Crippen MR) is 96.8 cm³/mol. The van der Waals surface area contributed by atoms with E-state index >= 15 is 0 Å². The van der Waals surface area contributed by atoms with Crippen LogP contribution in [0, 0.1) is 0 Å². The summed E-state index contributed by atoms with van der Waals surface area (Å²) >= 11 is 5.91. The Labute approximate surface area is 152 Å². The number of halogens is 1. The largest absolute Gasteiger partial charge is 0.462 e. The first kappa shape index (κ1) is 19.0. The number of carbonyl (C=O) groups excluding carboxylic acids is 2. The molecule has 0 aliphatic carbocycles. The number of ether oxygens (including phenoxy) is 2. The van der Waals surface area contributed by atoms with Crippen LogP contribution < -0.4 is 0 Å². The molecule has 0 amide bonds. The molecule has 0 spiro atoms. The van der Waals surface area contributed by atoms with Crippen LogP contribution in [0.25, 0.3) is 0 Å². The zero-order valence-electron chi connectivity index (χ0n) is 14.2. The lowest BCUT2D eigenvalue weighted by atomic mass is 10.1. The van der Waals surface area contributed by atoms with E-state index in [1.165, 1.54) is 0 Å². The van der Waals surface area contributed by atoms with Crippen molar-refractivity contribution in [1.29, 1.82) is 0 Å². The minimum atomic E-state index is -0.568. The van der Waals surface area contributed by atoms with Crippen LogP contribution in [0.15, 0.2) is 48.5 Å². The van der Waals surface area contributed by atoms with E-state index in [0.29, 0.717) is 11.6 Å². The van der Waals surface area contributed by atoms with Gasteiger partial charge in [0.25, 0.3) is 0 Å². The first-order valence-electron chi connectivity index (χ1n) is 8.29. The first-order valence-corrected chi connectivity index (χ1v) is 8.67. The predicted octanol–water partition coefficient (Wildman–Crippen LogP) is 5.04. The van der Waals surface area contributed by atoms with Crippen molar-refractivity contribution >= 4 is 23.5 Å². The molecule has 0 aliphatic heterocycles. The van der Waals surface area contributed by atoms with Gasteiger partial charge in [-0.2, -0.15) is 0 Å². The number of esters is 2. The van der Waals surface area contributed by atoms with E-state index in [0.717, 1.165) is 24.8 Å². The van der Waals surface area contributed by atoms with Crippen LogP contribution in [0.2, 0.25) is 5.02 Å². The minimum absolute atomic E-state index is 0.0826. The van der Waals surface area contributed by atoms with E-state index in [1.54, 1.807) is 42.5 Å². The van der Waals surface area contributed by atoms with Gasteiger partial charge in [-0.05, 0) is 36.2 Å². The number of hydrogen-bond acceptors (Lipinski definition) is 4. The molecule has 0 bridgehead atoms. The molecular formula is C20H21ClO4. The molecule has 2 aromatic carbocycles. The topological polar surface area (TPSA) is 52.6 Å². The van der Waals surface area contributed by atoms with Crippen molar-refractivity contribution < 1.29 is 19.1 Å². The minimum Gasteiger partial charge on any atom is -0.462 e. The smallest absolute Gasteiger partial charge is 0.339 e. The lowest BCUT2D eigenvalue weighted by molar-refractivity contribution is 0.0436. The van der Waals surface area contributed by atoms with Gasteiger partial charge in [0, 0.05) is 5.02 Å². The van der Waals surface area contributed by atoms with Crippen molar-refractivity contribution in [2.24, 2.45) is 0 Å². The second kappa shape index (κ2) is 9.84. The second-order valence-corrected chi connectivity index (χ2v) is 6.03. The molecule has 5 heteroatoms. The van der Waals surface area contributed by atoms with Crippen molar-refractivity contribution in [3.8, 4) is 0 Å². The summed E-state index contributed by atoms with van der Waals surface area (Å²) in [5, 5.41) is 0.574. The normalized spacial score (nSPS) is 10.3. The van der Waals surface area contributed by atoms with E-state index in [1.807, 2.05) is 6.07 Å². The average Bonchev–Trinajstić information content (AvgIpc) is 2.63. The third-order valence-corrected chi connectivity index (χ3v) is 3.84. The summed E-state index contributed by atoms with van der Waals surface area (Å²) in [6.07, 6.45) is 2.85. The Bertz CT molecular complexity index is 727. The van der Waals surface area contributed by atoms with Crippen LogP contribution in [0.3, 0.4) is 0 Å². The highest BCUT2D eigenvalue weighted by Gasteiger charge is 2.19. The molecule has 0 unspecified atom stereocenters. The third-order valence-electron chi connectivity index (χ3n) is 3.61. The average molecular weight is 361 g/mol. The quantitative estimate of drug-likeness (QED) is 0.488. The lowest BCUT2D eigenvalue weighted by Gasteiger charge is -2.10. The maximum absolute atomic E-state index is 12.3. The van der Waals surface area contributed by atoms with Crippen molar-refractivity contribution in [2.45, 2.75) is 32.8 Å². The van der Waals surface area contributed by atoms with Crippen LogP contribution in [-0.4, -0.2) is 18.5 Å². The van der Waals surface area contributed by atoms with Gasteiger partial charge in [0.2, 0.25) is 0 Å². The fraction of sp³-hybridized carbons (Fsp3) is 0.300. The van der Waals surface area contributed by atoms with Crippen LogP contribution in [0.4, 0.5) is 0 Å². The number of hydrogen-bond donors (Lipinski definition) is 0. The number of unbranched alkanes of at least 4 members (excludes halogenated alkanes) is 2. The third kappa shape index (κ3) is 5.91. The van der Waals surface area contributed by atoms with Crippen LogP contribution >= 0.6 is 11.6 Å². The van der Waals surface area contributed by atoms with Gasteiger partial charge in [-0.3, -0.25) is 0 Å². The van der Waals surface area contributed by atoms with E-state index in [2.05, 4.69) is 6.92 Å². The molecule has 0 radical (unpaired) electrons. The van der Waals surface area contributed by atoms with E-state index < -0.39 is 11.9 Å². The molecular weight excluding hydrogens is 340 g/mol. The molecule has 25 heavy (non-hydrogen) atoms. The fourth-order valence-electron chi connectivity index (χ4n) is 2.29. The zero-order valence-corrected chi connectivity index (χ0v) is 14.9. The monoisotopic (exact) mass is 360 g/mol. The highest BCUT2D eigenvalue weighted by atomic mass is 35.5. The molecule has 2 rings (SSSR count). The molecule has 0 aromatic heterocycles. The zero-order chi connectivity index (χ0) is 18.1. The molecule has 0 atom stereocenters. The van der Waals surface area contributed by atoms with Gasteiger partial charge < -0.3 is 9.47 Å². The molecule has 0 saturated carbocycles. The summed E-state index contributed by atoms with van der Waals surface area (Å²) < 4.78 is 10.5. The Morgan fingerprint density at radius 2 is 1.60 bits per heavy atom. The molecule has 0 aliphatic rings. The van der Waals surface area contributed by atoms with E-state index in [4.69, 9.17) is 21.1 Å². The first-order chi connectivity index (χ1) is 12.1. The Kier molecular flexibility index (Phi) is 7.48. The van der Waals surface area contributed by atoms with Crippen LogP contribution in [0.1, 0.15) is 52.5 Å². The molecule has 0 heterocycles. The summed E-state index contributed by atoms with van der Waals surface area (Å²) in [7, 11) is 0. The highest BCUT2D eigenvalue weighted by Crippen LogP contribution is 2.15. The molecule has 0 saturated heterocycles.